The zero-order chi connectivity index (χ0) is 16.1. The van der Waals surface area contributed by atoms with Crippen LogP contribution in [0.1, 0.15) is 44.1 Å². The lowest BCUT2D eigenvalue weighted by molar-refractivity contribution is 0.00654. The Kier molecular flexibility index (Phi) is 5.53. The summed E-state index contributed by atoms with van der Waals surface area (Å²) >= 11 is 0. The van der Waals surface area contributed by atoms with Gasteiger partial charge in [0.25, 0.3) is 0 Å². The van der Waals surface area contributed by atoms with E-state index in [1.54, 1.807) is 24.3 Å². The fourth-order valence-electron chi connectivity index (χ4n) is 4.10. The Hall–Kier alpha value is -1.57. The third kappa shape index (κ3) is 4.25. The average molecular weight is 314 g/mol. The first-order chi connectivity index (χ1) is 11.3. The van der Waals surface area contributed by atoms with Gasteiger partial charge in [0.2, 0.25) is 0 Å². The van der Waals surface area contributed by atoms with Crippen LogP contribution in [0.2, 0.25) is 0 Å². The lowest BCUT2D eigenvalue weighted by Gasteiger charge is -2.44. The molecule has 4 heteroatoms. The number of nitrogens with zero attached hydrogens (tertiary/aromatic N) is 2. The van der Waals surface area contributed by atoms with Crippen LogP contribution in [0.15, 0.2) is 24.3 Å². The highest BCUT2D eigenvalue weighted by molar-refractivity contribution is 5.34. The minimum absolute atomic E-state index is 0.305. The Labute approximate surface area is 138 Å². The van der Waals surface area contributed by atoms with Crippen molar-refractivity contribution in [2.45, 2.75) is 50.7 Å². The fourth-order valence-corrected chi connectivity index (χ4v) is 4.10. The van der Waals surface area contributed by atoms with E-state index in [0.29, 0.717) is 30.5 Å². The van der Waals surface area contributed by atoms with Gasteiger partial charge in [-0.2, -0.15) is 5.26 Å². The summed E-state index contributed by atoms with van der Waals surface area (Å²) in [6, 6.07) is 9.79. The Balaban J connectivity index is 1.48. The zero-order valence-corrected chi connectivity index (χ0v) is 13.7. The minimum Gasteiger partial charge on any atom is -0.491 e. The molecule has 124 valence electrons. The lowest BCUT2D eigenvalue weighted by atomic mass is 9.78. The Morgan fingerprint density at radius 1 is 1.17 bits per heavy atom. The van der Waals surface area contributed by atoms with Crippen molar-refractivity contribution in [2.75, 3.05) is 19.7 Å². The van der Waals surface area contributed by atoms with Crippen LogP contribution in [0, 0.1) is 17.2 Å². The van der Waals surface area contributed by atoms with Crippen molar-refractivity contribution >= 4 is 0 Å². The second-order valence-electron chi connectivity index (χ2n) is 6.85. The number of hydrogen-bond donors (Lipinski definition) is 1. The highest BCUT2D eigenvalue weighted by Crippen LogP contribution is 2.35. The average Bonchev–Trinajstić information content (AvgIpc) is 2.61. The Morgan fingerprint density at radius 2 is 1.91 bits per heavy atom. The first-order valence-corrected chi connectivity index (χ1v) is 8.81. The molecule has 0 amide bonds. The Morgan fingerprint density at radius 3 is 2.70 bits per heavy atom. The lowest BCUT2D eigenvalue weighted by Crippen LogP contribution is -2.50. The molecule has 3 rings (SSSR count). The van der Waals surface area contributed by atoms with Gasteiger partial charge in [0.1, 0.15) is 18.5 Å². The van der Waals surface area contributed by atoms with Gasteiger partial charge in [0.15, 0.2) is 0 Å². The molecule has 1 heterocycles. The van der Waals surface area contributed by atoms with Crippen molar-refractivity contribution < 1.29 is 9.84 Å². The van der Waals surface area contributed by atoms with Gasteiger partial charge in [0.05, 0.1) is 11.6 Å². The number of aliphatic hydroxyl groups is 1. The molecular formula is C19H26N2O2. The van der Waals surface area contributed by atoms with Crippen molar-refractivity contribution in [2.24, 2.45) is 5.92 Å². The molecular weight excluding hydrogens is 288 g/mol. The summed E-state index contributed by atoms with van der Waals surface area (Å²) < 4.78 is 5.66. The van der Waals surface area contributed by atoms with E-state index >= 15 is 0 Å². The van der Waals surface area contributed by atoms with Crippen molar-refractivity contribution in [1.82, 2.24) is 4.90 Å². The van der Waals surface area contributed by atoms with Crippen molar-refractivity contribution in [1.29, 1.82) is 5.26 Å². The molecule has 2 fully saturated rings. The van der Waals surface area contributed by atoms with E-state index in [1.807, 2.05) is 0 Å². The summed E-state index contributed by atoms with van der Waals surface area (Å²) in [5, 5.41) is 19.1. The molecule has 0 radical (unpaired) electrons. The molecule has 2 aliphatic rings. The topological polar surface area (TPSA) is 56.5 Å². The van der Waals surface area contributed by atoms with Crippen LogP contribution in [-0.2, 0) is 0 Å². The number of benzene rings is 1. The molecule has 4 nitrogen and oxygen atoms in total. The summed E-state index contributed by atoms with van der Waals surface area (Å²) in [6.07, 6.45) is 7.50. The second kappa shape index (κ2) is 7.81. The summed E-state index contributed by atoms with van der Waals surface area (Å²) in [5.41, 5.74) is 0.620. The van der Waals surface area contributed by atoms with Gasteiger partial charge >= 0.3 is 0 Å². The standard InChI is InChI=1S/C19H26N2O2/c20-12-15-7-9-18(10-8-15)23-14-17(22)13-21-11-3-5-16-4-1-2-6-19(16)21/h7-10,16-17,19,22H,1-6,11,13-14H2/t16-,17-,19+/m1/s1. The van der Waals surface area contributed by atoms with Crippen LogP contribution in [0.25, 0.3) is 0 Å². The third-order valence-corrected chi connectivity index (χ3v) is 5.23. The fraction of sp³-hybridized carbons (Fsp3) is 0.632. The van der Waals surface area contributed by atoms with Gasteiger partial charge in [-0.05, 0) is 62.4 Å². The normalized spacial score (nSPS) is 26.1. The highest BCUT2D eigenvalue weighted by Gasteiger charge is 2.33. The van der Waals surface area contributed by atoms with Crippen molar-refractivity contribution in [3.05, 3.63) is 29.8 Å². The van der Waals surface area contributed by atoms with Gasteiger partial charge in [-0.15, -0.1) is 0 Å². The molecule has 3 atom stereocenters. The first-order valence-electron chi connectivity index (χ1n) is 8.81. The van der Waals surface area contributed by atoms with Crippen LogP contribution in [0.5, 0.6) is 5.75 Å². The van der Waals surface area contributed by atoms with E-state index in [1.165, 1.54) is 38.5 Å². The maximum Gasteiger partial charge on any atom is 0.119 e. The number of fused-ring (bicyclic) bond motifs is 1. The van der Waals surface area contributed by atoms with E-state index in [9.17, 15) is 5.11 Å². The number of piperidine rings is 1. The summed E-state index contributed by atoms with van der Waals surface area (Å²) in [6.45, 7) is 2.12. The molecule has 1 aromatic rings. The number of likely N-dealkylation sites (tertiary alicyclic amines) is 1. The molecule has 0 unspecified atom stereocenters. The SMILES string of the molecule is N#Cc1ccc(OC[C@H](O)CN2CCC[C@H]3CCCC[C@@H]32)cc1. The molecule has 23 heavy (non-hydrogen) atoms. The van der Waals surface area contributed by atoms with Gasteiger partial charge in [-0.1, -0.05) is 12.8 Å². The van der Waals surface area contributed by atoms with Crippen LogP contribution >= 0.6 is 0 Å². The molecule has 1 aromatic carbocycles. The third-order valence-electron chi connectivity index (χ3n) is 5.23. The number of nitriles is 1. The minimum atomic E-state index is -0.466. The predicted octanol–water partition coefficient (Wildman–Crippen LogP) is 2.95. The number of rotatable bonds is 5. The number of ether oxygens (including phenoxy) is 1. The molecule has 1 saturated heterocycles. The van der Waals surface area contributed by atoms with Crippen LogP contribution < -0.4 is 4.74 Å². The quantitative estimate of drug-likeness (QED) is 0.908. The molecule has 0 spiro atoms. The molecule has 0 aromatic heterocycles. The monoisotopic (exact) mass is 314 g/mol. The number of hydrogen-bond acceptors (Lipinski definition) is 4. The van der Waals surface area contributed by atoms with Gasteiger partial charge in [-0.3, -0.25) is 4.90 Å². The van der Waals surface area contributed by atoms with Crippen molar-refractivity contribution in [3.63, 3.8) is 0 Å². The second-order valence-corrected chi connectivity index (χ2v) is 6.85. The largest absolute Gasteiger partial charge is 0.491 e. The van der Waals surface area contributed by atoms with Gasteiger partial charge in [-0.25, -0.2) is 0 Å². The van der Waals surface area contributed by atoms with E-state index in [0.717, 1.165) is 12.5 Å². The summed E-state index contributed by atoms with van der Waals surface area (Å²) in [5.74, 6) is 1.54. The van der Waals surface area contributed by atoms with Gasteiger partial charge in [0, 0.05) is 12.6 Å². The highest BCUT2D eigenvalue weighted by atomic mass is 16.5. The maximum atomic E-state index is 10.3. The molecule has 0 bridgehead atoms. The van der Waals surface area contributed by atoms with E-state index in [2.05, 4.69) is 11.0 Å². The number of β-amino-alcohol motifs (C(OH)–C–C–N with tert-alkyl or cyclic N) is 1. The van der Waals surface area contributed by atoms with Crippen LogP contribution in [0.4, 0.5) is 0 Å². The summed E-state index contributed by atoms with van der Waals surface area (Å²) in [4.78, 5) is 2.49. The first kappa shape index (κ1) is 16.3. The van der Waals surface area contributed by atoms with Crippen molar-refractivity contribution in [3.8, 4) is 11.8 Å². The zero-order valence-electron chi connectivity index (χ0n) is 13.7. The van der Waals surface area contributed by atoms with Gasteiger partial charge < -0.3 is 9.84 Å². The van der Waals surface area contributed by atoms with Crippen LogP contribution in [-0.4, -0.2) is 41.8 Å². The predicted molar refractivity (Wildman–Crippen MR) is 89.2 cm³/mol. The van der Waals surface area contributed by atoms with E-state index in [4.69, 9.17) is 10.00 Å². The Bertz CT molecular complexity index is 535. The molecule has 1 N–H and O–H groups in total. The molecule has 1 aliphatic carbocycles. The molecule has 1 saturated carbocycles. The smallest absolute Gasteiger partial charge is 0.119 e. The number of aliphatic hydroxyl groups excluding tert-OH is 1. The van der Waals surface area contributed by atoms with Crippen LogP contribution in [0.3, 0.4) is 0 Å². The van der Waals surface area contributed by atoms with E-state index in [-0.39, 0.29) is 0 Å². The summed E-state index contributed by atoms with van der Waals surface area (Å²) in [7, 11) is 0. The maximum absolute atomic E-state index is 10.3. The molecule has 1 aliphatic heterocycles. The van der Waals surface area contributed by atoms with E-state index < -0.39 is 6.10 Å².